The second-order valence-electron chi connectivity index (χ2n) is 6.58. The van der Waals surface area contributed by atoms with Crippen LogP contribution in [0.3, 0.4) is 0 Å². The van der Waals surface area contributed by atoms with Crippen molar-refractivity contribution in [2.75, 3.05) is 0 Å². The van der Waals surface area contributed by atoms with E-state index >= 15 is 0 Å². The maximum Gasteiger partial charge on any atom is 0.326 e. The summed E-state index contributed by atoms with van der Waals surface area (Å²) in [6, 6.07) is 1.05. The number of urea groups is 1. The van der Waals surface area contributed by atoms with Gasteiger partial charge in [0.15, 0.2) is 0 Å². The molecule has 0 saturated heterocycles. The Hall–Kier alpha value is -1.56. The molecule has 6 heteroatoms. The second-order valence-corrected chi connectivity index (χ2v) is 7.36. The van der Waals surface area contributed by atoms with Gasteiger partial charge in [-0.1, -0.05) is 20.8 Å². The molecule has 21 heavy (non-hydrogen) atoms. The number of hydrogen-bond donors (Lipinski definition) is 2. The molecule has 1 saturated carbocycles. The topological polar surface area (TPSA) is 69.6 Å². The molecule has 1 aromatic rings. The van der Waals surface area contributed by atoms with Gasteiger partial charge in [0.05, 0.1) is 0 Å². The Morgan fingerprint density at radius 2 is 2.14 bits per heavy atom. The quantitative estimate of drug-likeness (QED) is 0.878. The van der Waals surface area contributed by atoms with Gasteiger partial charge in [0.1, 0.15) is 6.04 Å². The van der Waals surface area contributed by atoms with E-state index in [2.05, 4.69) is 5.32 Å². The number of amides is 2. The highest BCUT2D eigenvalue weighted by Crippen LogP contribution is 2.29. The van der Waals surface area contributed by atoms with Crippen LogP contribution in [-0.2, 0) is 11.3 Å². The van der Waals surface area contributed by atoms with Crippen LogP contribution in [0.25, 0.3) is 0 Å². The number of carbonyl (C=O) groups excluding carboxylic acids is 1. The minimum absolute atomic E-state index is 0.235. The predicted molar refractivity (Wildman–Crippen MR) is 82.3 cm³/mol. The molecule has 1 atom stereocenters. The molecule has 0 aliphatic heterocycles. The lowest BCUT2D eigenvalue weighted by atomic mass is 9.87. The molecular formula is C15H22N2O3S. The third kappa shape index (κ3) is 4.20. The van der Waals surface area contributed by atoms with E-state index in [0.717, 1.165) is 18.4 Å². The highest BCUT2D eigenvalue weighted by Gasteiger charge is 2.37. The molecule has 2 amide bonds. The number of carboxylic acid groups (broad SMARTS) is 1. The zero-order chi connectivity index (χ0) is 15.6. The van der Waals surface area contributed by atoms with Gasteiger partial charge in [-0.15, -0.1) is 0 Å². The van der Waals surface area contributed by atoms with Crippen LogP contribution < -0.4 is 5.32 Å². The summed E-state index contributed by atoms with van der Waals surface area (Å²) in [5, 5.41) is 16.0. The van der Waals surface area contributed by atoms with E-state index in [9.17, 15) is 14.7 Å². The zero-order valence-electron chi connectivity index (χ0n) is 12.6. The lowest BCUT2D eigenvalue weighted by molar-refractivity contribution is -0.142. The van der Waals surface area contributed by atoms with Gasteiger partial charge in [-0.2, -0.15) is 11.3 Å². The van der Waals surface area contributed by atoms with Crippen LogP contribution in [0, 0.1) is 5.41 Å². The Bertz CT molecular complexity index is 503. The highest BCUT2D eigenvalue weighted by atomic mass is 32.1. The van der Waals surface area contributed by atoms with Crippen LogP contribution in [0.2, 0.25) is 0 Å². The predicted octanol–water partition coefficient (Wildman–Crippen LogP) is 2.92. The largest absolute Gasteiger partial charge is 0.480 e. The number of nitrogens with one attached hydrogen (secondary N) is 1. The smallest absolute Gasteiger partial charge is 0.326 e. The Morgan fingerprint density at radius 1 is 1.48 bits per heavy atom. The minimum Gasteiger partial charge on any atom is -0.480 e. The van der Waals surface area contributed by atoms with Crippen LogP contribution in [0.4, 0.5) is 4.79 Å². The number of thiophene rings is 1. The molecule has 2 N–H and O–H groups in total. The molecule has 1 aliphatic rings. The van der Waals surface area contributed by atoms with E-state index < -0.39 is 17.4 Å². The molecule has 0 radical (unpaired) electrons. The van der Waals surface area contributed by atoms with E-state index in [-0.39, 0.29) is 12.1 Å². The standard InChI is InChI=1S/C15H22N2O3S/c1-15(2,3)12(13(18)19)16-14(20)17(11-4-5-11)8-10-6-7-21-9-10/h6-7,9,11-12H,4-5,8H2,1-3H3,(H,16,20)(H,18,19)/t12-/m1/s1. The van der Waals surface area contributed by atoms with Crippen molar-refractivity contribution in [3.63, 3.8) is 0 Å². The maximum atomic E-state index is 12.5. The Balaban J connectivity index is 2.06. The molecule has 0 spiro atoms. The first kappa shape index (κ1) is 15.8. The highest BCUT2D eigenvalue weighted by molar-refractivity contribution is 7.07. The van der Waals surface area contributed by atoms with Crippen molar-refractivity contribution in [3.8, 4) is 0 Å². The summed E-state index contributed by atoms with van der Waals surface area (Å²) in [5.74, 6) is -0.998. The number of carbonyl (C=O) groups is 2. The summed E-state index contributed by atoms with van der Waals surface area (Å²) in [5.41, 5.74) is 0.559. The number of carboxylic acids is 1. The summed E-state index contributed by atoms with van der Waals surface area (Å²) >= 11 is 1.60. The summed E-state index contributed by atoms with van der Waals surface area (Å²) in [4.78, 5) is 25.6. The third-order valence-electron chi connectivity index (χ3n) is 3.56. The molecule has 1 aliphatic carbocycles. The fourth-order valence-corrected chi connectivity index (χ4v) is 2.85. The van der Waals surface area contributed by atoms with Gasteiger partial charge in [0, 0.05) is 12.6 Å². The average molecular weight is 310 g/mol. The summed E-state index contributed by atoms with van der Waals surface area (Å²) in [6.07, 6.45) is 1.98. The van der Waals surface area contributed by atoms with Crippen LogP contribution in [0.5, 0.6) is 0 Å². The van der Waals surface area contributed by atoms with Crippen molar-refractivity contribution in [1.29, 1.82) is 0 Å². The Labute approximate surface area is 129 Å². The molecule has 0 unspecified atom stereocenters. The van der Waals surface area contributed by atoms with Gasteiger partial charge in [-0.3, -0.25) is 0 Å². The van der Waals surface area contributed by atoms with Crippen LogP contribution >= 0.6 is 11.3 Å². The first-order valence-corrected chi connectivity index (χ1v) is 8.04. The number of rotatable bonds is 5. The SMILES string of the molecule is CC(C)(C)[C@H](NC(=O)N(Cc1ccsc1)C1CC1)C(=O)O. The van der Waals surface area contributed by atoms with Gasteiger partial charge < -0.3 is 15.3 Å². The summed E-state index contributed by atoms with van der Waals surface area (Å²) in [7, 11) is 0. The zero-order valence-corrected chi connectivity index (χ0v) is 13.4. The lowest BCUT2D eigenvalue weighted by Crippen LogP contribution is -2.53. The number of nitrogens with zero attached hydrogens (tertiary/aromatic N) is 1. The van der Waals surface area contributed by atoms with E-state index in [1.165, 1.54) is 0 Å². The Kier molecular flexibility index (Phi) is 4.56. The van der Waals surface area contributed by atoms with Crippen molar-refractivity contribution in [2.45, 2.75) is 52.2 Å². The maximum absolute atomic E-state index is 12.5. The van der Waals surface area contributed by atoms with Gasteiger partial charge in [0.25, 0.3) is 0 Å². The van der Waals surface area contributed by atoms with Gasteiger partial charge in [0.2, 0.25) is 0 Å². The van der Waals surface area contributed by atoms with E-state index in [1.54, 1.807) is 16.2 Å². The molecule has 1 aromatic heterocycles. The molecule has 0 aromatic carbocycles. The van der Waals surface area contributed by atoms with Gasteiger partial charge >= 0.3 is 12.0 Å². The molecular weight excluding hydrogens is 288 g/mol. The summed E-state index contributed by atoms with van der Waals surface area (Å²) in [6.45, 7) is 5.97. The normalized spacial score (nSPS) is 16.3. The molecule has 1 fully saturated rings. The van der Waals surface area contributed by atoms with E-state index in [0.29, 0.717) is 6.54 Å². The van der Waals surface area contributed by atoms with Crippen molar-refractivity contribution in [1.82, 2.24) is 10.2 Å². The average Bonchev–Trinajstić information content (AvgIpc) is 3.08. The monoisotopic (exact) mass is 310 g/mol. The Morgan fingerprint density at radius 3 is 2.57 bits per heavy atom. The summed E-state index contributed by atoms with van der Waals surface area (Å²) < 4.78 is 0. The van der Waals surface area contributed by atoms with Crippen molar-refractivity contribution < 1.29 is 14.7 Å². The molecule has 2 rings (SSSR count). The first-order chi connectivity index (χ1) is 9.79. The van der Waals surface area contributed by atoms with Gasteiger partial charge in [-0.25, -0.2) is 9.59 Å². The third-order valence-corrected chi connectivity index (χ3v) is 4.29. The molecule has 0 bridgehead atoms. The van der Waals surface area contributed by atoms with Crippen molar-refractivity contribution in [3.05, 3.63) is 22.4 Å². The number of hydrogen-bond acceptors (Lipinski definition) is 3. The van der Waals surface area contributed by atoms with E-state index in [1.807, 2.05) is 37.6 Å². The van der Waals surface area contributed by atoms with Crippen molar-refractivity contribution in [2.24, 2.45) is 5.41 Å². The van der Waals surface area contributed by atoms with Crippen LogP contribution in [-0.4, -0.2) is 34.1 Å². The molecule has 116 valence electrons. The molecule has 1 heterocycles. The number of aliphatic carboxylic acids is 1. The minimum atomic E-state index is -0.998. The fourth-order valence-electron chi connectivity index (χ4n) is 2.19. The first-order valence-electron chi connectivity index (χ1n) is 7.10. The van der Waals surface area contributed by atoms with Gasteiger partial charge in [-0.05, 0) is 40.6 Å². The fraction of sp³-hybridized carbons (Fsp3) is 0.600. The van der Waals surface area contributed by atoms with Crippen LogP contribution in [0.1, 0.15) is 39.2 Å². The lowest BCUT2D eigenvalue weighted by Gasteiger charge is -2.31. The second kappa shape index (κ2) is 6.05. The van der Waals surface area contributed by atoms with E-state index in [4.69, 9.17) is 0 Å². The van der Waals surface area contributed by atoms with Crippen LogP contribution in [0.15, 0.2) is 16.8 Å². The molecule has 5 nitrogen and oxygen atoms in total. The van der Waals surface area contributed by atoms with Crippen molar-refractivity contribution >= 4 is 23.3 Å².